The summed E-state index contributed by atoms with van der Waals surface area (Å²) in [6.45, 7) is 5.74. The third-order valence-corrected chi connectivity index (χ3v) is 3.24. The highest BCUT2D eigenvalue weighted by atomic mass is 16.2. The first-order valence-electron chi connectivity index (χ1n) is 5.97. The van der Waals surface area contributed by atoms with Crippen molar-refractivity contribution in [2.75, 3.05) is 0 Å². The SMILES string of the molecule is CC(C)C[C@](C)(NC(=O)C1CCC1)C(N)=O. The molecule has 0 radical (unpaired) electrons. The molecule has 1 rings (SSSR count). The van der Waals surface area contributed by atoms with Gasteiger partial charge in [0.1, 0.15) is 5.54 Å². The Morgan fingerprint density at radius 2 is 2.00 bits per heavy atom. The van der Waals surface area contributed by atoms with Gasteiger partial charge < -0.3 is 11.1 Å². The first-order chi connectivity index (χ1) is 7.35. The molecule has 0 aromatic heterocycles. The fraction of sp³-hybridized carbons (Fsp3) is 0.833. The molecule has 0 heterocycles. The fourth-order valence-corrected chi connectivity index (χ4v) is 2.07. The van der Waals surface area contributed by atoms with Crippen molar-refractivity contribution in [3.63, 3.8) is 0 Å². The molecule has 0 aliphatic heterocycles. The molecule has 1 saturated carbocycles. The van der Waals surface area contributed by atoms with E-state index in [1.807, 2.05) is 13.8 Å². The fourth-order valence-electron chi connectivity index (χ4n) is 2.07. The topological polar surface area (TPSA) is 72.2 Å². The van der Waals surface area contributed by atoms with Gasteiger partial charge in [0.25, 0.3) is 0 Å². The van der Waals surface area contributed by atoms with Gasteiger partial charge in [-0.05, 0) is 32.1 Å². The summed E-state index contributed by atoms with van der Waals surface area (Å²) in [7, 11) is 0. The van der Waals surface area contributed by atoms with Crippen LogP contribution in [0, 0.1) is 11.8 Å². The summed E-state index contributed by atoms with van der Waals surface area (Å²) >= 11 is 0. The third-order valence-electron chi connectivity index (χ3n) is 3.24. The van der Waals surface area contributed by atoms with Crippen molar-refractivity contribution < 1.29 is 9.59 Å². The monoisotopic (exact) mass is 226 g/mol. The number of nitrogens with one attached hydrogen (secondary N) is 1. The maximum absolute atomic E-state index is 11.8. The van der Waals surface area contributed by atoms with E-state index in [2.05, 4.69) is 5.32 Å². The summed E-state index contributed by atoms with van der Waals surface area (Å²) in [4.78, 5) is 23.2. The normalized spacial score (nSPS) is 20.0. The van der Waals surface area contributed by atoms with Crippen molar-refractivity contribution in [2.45, 2.75) is 52.0 Å². The third kappa shape index (κ3) is 2.97. The Hall–Kier alpha value is -1.06. The van der Waals surface area contributed by atoms with Gasteiger partial charge >= 0.3 is 0 Å². The van der Waals surface area contributed by atoms with Crippen molar-refractivity contribution in [1.82, 2.24) is 5.32 Å². The van der Waals surface area contributed by atoms with Crippen LogP contribution in [0.1, 0.15) is 46.5 Å². The molecule has 0 aromatic carbocycles. The minimum Gasteiger partial charge on any atom is -0.368 e. The molecule has 16 heavy (non-hydrogen) atoms. The van der Waals surface area contributed by atoms with E-state index in [-0.39, 0.29) is 11.8 Å². The van der Waals surface area contributed by atoms with Gasteiger partial charge in [0.2, 0.25) is 11.8 Å². The molecule has 92 valence electrons. The lowest BCUT2D eigenvalue weighted by Crippen LogP contribution is -2.57. The predicted octanol–water partition coefficient (Wildman–Crippen LogP) is 1.19. The molecule has 1 aliphatic rings. The Bertz CT molecular complexity index is 285. The van der Waals surface area contributed by atoms with Crippen molar-refractivity contribution in [2.24, 2.45) is 17.6 Å². The Kier molecular flexibility index (Phi) is 3.94. The number of hydrogen-bond acceptors (Lipinski definition) is 2. The van der Waals surface area contributed by atoms with Crippen molar-refractivity contribution in [3.8, 4) is 0 Å². The van der Waals surface area contributed by atoms with Gasteiger partial charge in [-0.25, -0.2) is 0 Å². The van der Waals surface area contributed by atoms with Crippen LogP contribution in [0.25, 0.3) is 0 Å². The summed E-state index contributed by atoms with van der Waals surface area (Å²) in [5, 5.41) is 2.81. The predicted molar refractivity (Wildman–Crippen MR) is 62.5 cm³/mol. The molecule has 2 amide bonds. The van der Waals surface area contributed by atoms with Crippen LogP contribution in [-0.4, -0.2) is 17.4 Å². The van der Waals surface area contributed by atoms with Crippen molar-refractivity contribution in [1.29, 1.82) is 0 Å². The van der Waals surface area contributed by atoms with Crippen LogP contribution in [-0.2, 0) is 9.59 Å². The van der Waals surface area contributed by atoms with Gasteiger partial charge in [0.05, 0.1) is 0 Å². The number of amides is 2. The maximum Gasteiger partial charge on any atom is 0.242 e. The quantitative estimate of drug-likeness (QED) is 0.739. The zero-order valence-electron chi connectivity index (χ0n) is 10.4. The molecular weight excluding hydrogens is 204 g/mol. The van der Waals surface area contributed by atoms with Crippen LogP contribution in [0.3, 0.4) is 0 Å². The summed E-state index contributed by atoms with van der Waals surface area (Å²) in [5.41, 5.74) is 4.47. The highest BCUT2D eigenvalue weighted by Gasteiger charge is 2.36. The average Bonchev–Trinajstić information content (AvgIpc) is 1.97. The van der Waals surface area contributed by atoms with E-state index in [1.165, 1.54) is 0 Å². The van der Waals surface area contributed by atoms with Crippen molar-refractivity contribution >= 4 is 11.8 Å². The Balaban J connectivity index is 2.62. The van der Waals surface area contributed by atoms with E-state index in [1.54, 1.807) is 6.92 Å². The lowest BCUT2D eigenvalue weighted by Gasteiger charge is -2.33. The molecule has 4 heteroatoms. The van der Waals surface area contributed by atoms with Crippen LogP contribution < -0.4 is 11.1 Å². The zero-order chi connectivity index (χ0) is 12.3. The second-order valence-corrected chi connectivity index (χ2v) is 5.41. The number of carbonyl (C=O) groups excluding carboxylic acids is 2. The van der Waals surface area contributed by atoms with E-state index >= 15 is 0 Å². The molecule has 1 atom stereocenters. The molecular formula is C12H22N2O2. The van der Waals surface area contributed by atoms with Crippen LogP contribution in [0.2, 0.25) is 0 Å². The van der Waals surface area contributed by atoms with E-state index in [0.717, 1.165) is 19.3 Å². The molecule has 4 nitrogen and oxygen atoms in total. The van der Waals surface area contributed by atoms with E-state index in [9.17, 15) is 9.59 Å². The summed E-state index contributed by atoms with van der Waals surface area (Å²) in [5.74, 6) is -0.0629. The minimum atomic E-state index is -0.902. The highest BCUT2D eigenvalue weighted by molar-refractivity contribution is 5.91. The number of carbonyl (C=O) groups is 2. The second kappa shape index (κ2) is 4.85. The number of rotatable bonds is 5. The highest BCUT2D eigenvalue weighted by Crippen LogP contribution is 2.27. The summed E-state index contributed by atoms with van der Waals surface area (Å²) in [6.07, 6.45) is 3.56. The van der Waals surface area contributed by atoms with Crippen LogP contribution in [0.5, 0.6) is 0 Å². The Morgan fingerprint density at radius 3 is 2.31 bits per heavy atom. The summed E-state index contributed by atoms with van der Waals surface area (Å²) < 4.78 is 0. The van der Waals surface area contributed by atoms with Crippen LogP contribution in [0.4, 0.5) is 0 Å². The van der Waals surface area contributed by atoms with Gasteiger partial charge in [0, 0.05) is 5.92 Å². The maximum atomic E-state index is 11.8. The second-order valence-electron chi connectivity index (χ2n) is 5.41. The number of nitrogens with two attached hydrogens (primary N) is 1. The lowest BCUT2D eigenvalue weighted by molar-refractivity contribution is -0.135. The standard InChI is InChI=1S/C12H22N2O2/c1-8(2)7-12(3,11(13)16)14-10(15)9-5-4-6-9/h8-9H,4-7H2,1-3H3,(H2,13,16)(H,14,15)/t12-/m0/s1. The van der Waals surface area contributed by atoms with Gasteiger partial charge in [0.15, 0.2) is 0 Å². The lowest BCUT2D eigenvalue weighted by atomic mass is 9.83. The van der Waals surface area contributed by atoms with Gasteiger partial charge in [-0.2, -0.15) is 0 Å². The summed E-state index contributed by atoms with van der Waals surface area (Å²) in [6, 6.07) is 0. The molecule has 0 bridgehead atoms. The molecule has 1 fully saturated rings. The van der Waals surface area contributed by atoms with Gasteiger partial charge in [-0.1, -0.05) is 20.3 Å². The van der Waals surface area contributed by atoms with Crippen molar-refractivity contribution in [3.05, 3.63) is 0 Å². The molecule has 0 saturated heterocycles. The smallest absolute Gasteiger partial charge is 0.242 e. The van der Waals surface area contributed by atoms with E-state index in [0.29, 0.717) is 12.3 Å². The molecule has 3 N–H and O–H groups in total. The number of primary amides is 1. The van der Waals surface area contributed by atoms with E-state index in [4.69, 9.17) is 5.73 Å². The van der Waals surface area contributed by atoms with Gasteiger partial charge in [-0.15, -0.1) is 0 Å². The zero-order valence-corrected chi connectivity index (χ0v) is 10.4. The first-order valence-corrected chi connectivity index (χ1v) is 5.97. The van der Waals surface area contributed by atoms with Gasteiger partial charge in [-0.3, -0.25) is 9.59 Å². The van der Waals surface area contributed by atoms with E-state index < -0.39 is 11.4 Å². The molecule has 0 spiro atoms. The average molecular weight is 226 g/mol. The van der Waals surface area contributed by atoms with Crippen LogP contribution >= 0.6 is 0 Å². The van der Waals surface area contributed by atoms with Crippen LogP contribution in [0.15, 0.2) is 0 Å². The Morgan fingerprint density at radius 1 is 1.44 bits per heavy atom. The molecule has 0 aromatic rings. The Labute approximate surface area is 97.0 Å². The first kappa shape index (κ1) is 13.0. The molecule has 0 unspecified atom stereocenters. The number of hydrogen-bond donors (Lipinski definition) is 2. The largest absolute Gasteiger partial charge is 0.368 e. The molecule has 1 aliphatic carbocycles. The minimum absolute atomic E-state index is 0.0202.